The second kappa shape index (κ2) is 6.70. The highest BCUT2D eigenvalue weighted by Crippen LogP contribution is 2.20. The van der Waals surface area contributed by atoms with E-state index in [0.717, 1.165) is 18.7 Å². The molecule has 0 aliphatic heterocycles. The molecule has 1 heterocycles. The van der Waals surface area contributed by atoms with Gasteiger partial charge >= 0.3 is 0 Å². The van der Waals surface area contributed by atoms with E-state index < -0.39 is 11.7 Å². The van der Waals surface area contributed by atoms with Gasteiger partial charge in [0.2, 0.25) is 0 Å². The van der Waals surface area contributed by atoms with Crippen molar-refractivity contribution in [2.24, 2.45) is 0 Å². The minimum atomic E-state index is -0.590. The molecule has 1 aromatic heterocycles. The summed E-state index contributed by atoms with van der Waals surface area (Å²) in [4.78, 5) is 19.0. The molecule has 1 aromatic carbocycles. The average Bonchev–Trinajstić information content (AvgIpc) is 2.96. The Kier molecular flexibility index (Phi) is 4.70. The summed E-state index contributed by atoms with van der Waals surface area (Å²) in [6, 6.07) is 4.29. The van der Waals surface area contributed by atoms with Crippen LogP contribution in [-0.2, 0) is 6.42 Å². The van der Waals surface area contributed by atoms with Gasteiger partial charge in [0.1, 0.15) is 23.0 Å². The minimum Gasteiger partial charge on any atom is -0.496 e. The molecule has 0 fully saturated rings. The van der Waals surface area contributed by atoms with Crippen molar-refractivity contribution < 1.29 is 13.9 Å². The molecule has 0 bridgehead atoms. The number of methoxy groups -OCH3 is 1. The lowest BCUT2D eigenvalue weighted by molar-refractivity contribution is 0.0946. The van der Waals surface area contributed by atoms with Crippen LogP contribution in [0.3, 0.4) is 0 Å². The summed E-state index contributed by atoms with van der Waals surface area (Å²) in [5.41, 5.74) is -0.0620. The fraction of sp³-hybridized carbons (Fsp3) is 0.286. The molecule has 0 aliphatic carbocycles. The van der Waals surface area contributed by atoms with Crippen LogP contribution in [0.4, 0.5) is 4.39 Å². The van der Waals surface area contributed by atoms with Gasteiger partial charge in [0.15, 0.2) is 0 Å². The van der Waals surface area contributed by atoms with E-state index in [1.807, 2.05) is 0 Å². The zero-order chi connectivity index (χ0) is 14.4. The van der Waals surface area contributed by atoms with E-state index >= 15 is 0 Å². The average molecular weight is 277 g/mol. The predicted octanol–water partition coefficient (Wildman–Crippen LogP) is 1.92. The molecule has 2 N–H and O–H groups in total. The number of hydrogen-bond donors (Lipinski definition) is 2. The molecule has 1 amide bonds. The van der Waals surface area contributed by atoms with E-state index in [0.29, 0.717) is 6.54 Å². The Morgan fingerprint density at radius 3 is 3.05 bits per heavy atom. The van der Waals surface area contributed by atoms with Gasteiger partial charge in [0.05, 0.1) is 7.11 Å². The number of nitrogens with one attached hydrogen (secondary N) is 2. The van der Waals surface area contributed by atoms with Crippen LogP contribution in [0.5, 0.6) is 5.75 Å². The zero-order valence-electron chi connectivity index (χ0n) is 11.1. The summed E-state index contributed by atoms with van der Waals surface area (Å²) in [5, 5.41) is 2.68. The fourth-order valence-electron chi connectivity index (χ4n) is 1.88. The van der Waals surface area contributed by atoms with E-state index in [-0.39, 0.29) is 11.3 Å². The second-order valence-corrected chi connectivity index (χ2v) is 4.21. The minimum absolute atomic E-state index is 0.0620. The molecular weight excluding hydrogens is 261 g/mol. The molecule has 2 aromatic rings. The van der Waals surface area contributed by atoms with Gasteiger partial charge in [-0.3, -0.25) is 4.79 Å². The molecule has 0 atom stereocenters. The predicted molar refractivity (Wildman–Crippen MR) is 72.2 cm³/mol. The maximum Gasteiger partial charge on any atom is 0.258 e. The zero-order valence-corrected chi connectivity index (χ0v) is 11.1. The summed E-state index contributed by atoms with van der Waals surface area (Å²) in [6.07, 6.45) is 4.87. The SMILES string of the molecule is COc1cccc(F)c1C(=O)NCCCc1ncc[nH]1. The maximum absolute atomic E-state index is 13.7. The Bertz CT molecular complexity index is 570. The molecule has 0 saturated carbocycles. The summed E-state index contributed by atoms with van der Waals surface area (Å²) in [7, 11) is 1.41. The topological polar surface area (TPSA) is 67.0 Å². The normalized spacial score (nSPS) is 10.3. The van der Waals surface area contributed by atoms with Gasteiger partial charge in [-0.25, -0.2) is 9.37 Å². The third-order valence-electron chi connectivity index (χ3n) is 2.85. The number of carbonyl (C=O) groups excluding carboxylic acids is 1. The molecule has 2 rings (SSSR count). The Labute approximate surface area is 116 Å². The number of aromatic amines is 1. The number of aryl methyl sites for hydroxylation is 1. The third-order valence-corrected chi connectivity index (χ3v) is 2.85. The van der Waals surface area contributed by atoms with E-state index in [9.17, 15) is 9.18 Å². The van der Waals surface area contributed by atoms with Crippen LogP contribution < -0.4 is 10.1 Å². The van der Waals surface area contributed by atoms with Crippen LogP contribution in [0.1, 0.15) is 22.6 Å². The van der Waals surface area contributed by atoms with Gasteiger partial charge < -0.3 is 15.0 Å². The first-order valence-corrected chi connectivity index (χ1v) is 6.31. The van der Waals surface area contributed by atoms with Crippen LogP contribution >= 0.6 is 0 Å². The van der Waals surface area contributed by atoms with Crippen LogP contribution in [0.25, 0.3) is 0 Å². The molecular formula is C14H16FN3O2. The molecule has 0 unspecified atom stereocenters. The van der Waals surface area contributed by atoms with E-state index in [4.69, 9.17) is 4.74 Å². The highest BCUT2D eigenvalue weighted by Gasteiger charge is 2.16. The van der Waals surface area contributed by atoms with Gasteiger partial charge in [-0.1, -0.05) is 6.07 Å². The number of benzene rings is 1. The summed E-state index contributed by atoms with van der Waals surface area (Å²) in [6.45, 7) is 0.441. The monoisotopic (exact) mass is 277 g/mol. The Morgan fingerprint density at radius 2 is 2.35 bits per heavy atom. The van der Waals surface area contributed by atoms with E-state index in [1.54, 1.807) is 18.5 Å². The van der Waals surface area contributed by atoms with Gasteiger partial charge in [-0.2, -0.15) is 0 Å². The van der Waals surface area contributed by atoms with Gasteiger partial charge in [0.25, 0.3) is 5.91 Å². The number of imidazole rings is 1. The van der Waals surface area contributed by atoms with E-state index in [2.05, 4.69) is 15.3 Å². The molecule has 0 radical (unpaired) electrons. The lowest BCUT2D eigenvalue weighted by Gasteiger charge is -2.09. The number of hydrogen-bond acceptors (Lipinski definition) is 3. The van der Waals surface area contributed by atoms with Crippen LogP contribution in [0, 0.1) is 5.82 Å². The summed E-state index contributed by atoms with van der Waals surface area (Å²) < 4.78 is 18.7. The van der Waals surface area contributed by atoms with Crippen LogP contribution in [0.15, 0.2) is 30.6 Å². The fourth-order valence-corrected chi connectivity index (χ4v) is 1.88. The highest BCUT2D eigenvalue weighted by molar-refractivity contribution is 5.97. The van der Waals surface area contributed by atoms with Crippen molar-refractivity contribution in [1.29, 1.82) is 0 Å². The second-order valence-electron chi connectivity index (χ2n) is 4.21. The number of aromatic nitrogens is 2. The van der Waals surface area contributed by atoms with E-state index in [1.165, 1.54) is 19.2 Å². The lowest BCUT2D eigenvalue weighted by atomic mass is 10.1. The first-order valence-electron chi connectivity index (χ1n) is 6.31. The number of amides is 1. The number of carbonyl (C=O) groups is 1. The Balaban J connectivity index is 1.89. The molecule has 0 aliphatic rings. The number of nitrogens with zero attached hydrogens (tertiary/aromatic N) is 1. The van der Waals surface area contributed by atoms with Crippen molar-refractivity contribution in [1.82, 2.24) is 15.3 Å². The number of H-pyrrole nitrogens is 1. The van der Waals surface area contributed by atoms with Crippen molar-refractivity contribution in [2.75, 3.05) is 13.7 Å². The Hall–Kier alpha value is -2.37. The molecule has 106 valence electrons. The molecule has 20 heavy (non-hydrogen) atoms. The van der Waals surface area contributed by atoms with Gasteiger partial charge in [0, 0.05) is 25.4 Å². The number of ether oxygens (including phenoxy) is 1. The lowest BCUT2D eigenvalue weighted by Crippen LogP contribution is -2.26. The summed E-state index contributed by atoms with van der Waals surface area (Å²) >= 11 is 0. The largest absolute Gasteiger partial charge is 0.496 e. The molecule has 0 saturated heterocycles. The number of halogens is 1. The first-order chi connectivity index (χ1) is 9.72. The van der Waals surface area contributed by atoms with Crippen molar-refractivity contribution in [3.05, 3.63) is 47.8 Å². The Morgan fingerprint density at radius 1 is 1.50 bits per heavy atom. The quantitative estimate of drug-likeness (QED) is 0.793. The maximum atomic E-state index is 13.7. The highest BCUT2D eigenvalue weighted by atomic mass is 19.1. The van der Waals surface area contributed by atoms with Gasteiger partial charge in [-0.15, -0.1) is 0 Å². The molecule has 6 heteroatoms. The molecule has 0 spiro atoms. The standard InChI is InChI=1S/C14H16FN3O2/c1-20-11-5-2-4-10(15)13(11)14(19)18-7-3-6-12-16-8-9-17-12/h2,4-5,8-9H,3,6-7H2,1H3,(H,16,17)(H,18,19). The van der Waals surface area contributed by atoms with Crippen LogP contribution in [0.2, 0.25) is 0 Å². The van der Waals surface area contributed by atoms with Crippen molar-refractivity contribution in [2.45, 2.75) is 12.8 Å². The first kappa shape index (κ1) is 14.0. The molecule has 5 nitrogen and oxygen atoms in total. The van der Waals surface area contributed by atoms with Crippen molar-refractivity contribution >= 4 is 5.91 Å². The van der Waals surface area contributed by atoms with Crippen LogP contribution in [-0.4, -0.2) is 29.5 Å². The van der Waals surface area contributed by atoms with Crippen molar-refractivity contribution in [3.63, 3.8) is 0 Å². The number of rotatable bonds is 6. The summed E-state index contributed by atoms with van der Waals surface area (Å²) in [5.74, 6) is 0.0311. The van der Waals surface area contributed by atoms with Crippen molar-refractivity contribution in [3.8, 4) is 5.75 Å². The third kappa shape index (κ3) is 3.34. The smallest absolute Gasteiger partial charge is 0.258 e. The van der Waals surface area contributed by atoms with Gasteiger partial charge in [-0.05, 0) is 18.6 Å².